The predicted molar refractivity (Wildman–Crippen MR) is 147 cm³/mol. The van der Waals surface area contributed by atoms with Crippen LogP contribution in [0.2, 0.25) is 0 Å². The van der Waals surface area contributed by atoms with Gasteiger partial charge in [0.1, 0.15) is 0 Å². The minimum atomic E-state index is -0.363. The Labute approximate surface area is 218 Å². The van der Waals surface area contributed by atoms with Gasteiger partial charge < -0.3 is 0 Å². The van der Waals surface area contributed by atoms with E-state index in [9.17, 15) is 0 Å². The minimum absolute atomic E-state index is 0. The molecule has 34 heavy (non-hydrogen) atoms. The van der Waals surface area contributed by atoms with Crippen LogP contribution in [0.25, 0.3) is 0 Å². The van der Waals surface area contributed by atoms with Crippen LogP contribution in [0.15, 0.2) is 96.0 Å². The van der Waals surface area contributed by atoms with E-state index in [-0.39, 0.29) is 25.0 Å². The van der Waals surface area contributed by atoms with E-state index in [1.54, 1.807) is 0 Å². The summed E-state index contributed by atoms with van der Waals surface area (Å²) in [5, 5.41) is 3.00. The summed E-state index contributed by atoms with van der Waals surface area (Å²) >= 11 is 0. The Kier molecular flexibility index (Phi) is 11.6. The van der Waals surface area contributed by atoms with Gasteiger partial charge in [0.15, 0.2) is 0 Å². The monoisotopic (exact) mass is 511 g/mol. The first-order valence-electron chi connectivity index (χ1n) is 12.8. The fraction of sp³-hybridized carbons (Fsp3) is 0.387. The van der Waals surface area contributed by atoms with E-state index >= 15 is 0 Å². The van der Waals surface area contributed by atoms with Gasteiger partial charge in [-0.2, -0.15) is 0 Å². The maximum absolute atomic E-state index is 4.98. The third-order valence-corrected chi connectivity index (χ3v) is 10.1. The summed E-state index contributed by atoms with van der Waals surface area (Å²) in [4.78, 5) is 4.98. The smallest absolute Gasteiger partial charge is 0.0506 e. The van der Waals surface area contributed by atoms with E-state index in [1.165, 1.54) is 67.5 Å². The molecule has 0 N–H and O–H groups in total. The van der Waals surface area contributed by atoms with Crippen molar-refractivity contribution in [2.45, 2.75) is 70.0 Å². The summed E-state index contributed by atoms with van der Waals surface area (Å²) in [6, 6.07) is 33.1. The molecule has 0 heterocycles. The summed E-state index contributed by atoms with van der Waals surface area (Å²) < 4.78 is 0. The van der Waals surface area contributed by atoms with Gasteiger partial charge in [0.05, 0.1) is 6.04 Å². The summed E-state index contributed by atoms with van der Waals surface area (Å²) in [5.74, 6) is 0.645. The molecular formula is C31H38FeNP. The zero-order valence-electron chi connectivity index (χ0n) is 20.4. The third-order valence-electron chi connectivity index (χ3n) is 7.06. The van der Waals surface area contributed by atoms with Crippen molar-refractivity contribution in [3.63, 3.8) is 0 Å². The Hall–Kier alpha value is -1.72. The van der Waals surface area contributed by atoms with Crippen molar-refractivity contribution in [2.75, 3.05) is 0 Å². The van der Waals surface area contributed by atoms with Crippen LogP contribution in [0.3, 0.4) is 0 Å². The van der Waals surface area contributed by atoms with Crippen molar-refractivity contribution < 1.29 is 17.1 Å². The molecule has 3 aromatic rings. The SMILES string of the molecule is C1CCCC1.C[C@@H](N=Cc1ccccc1)C1CCCC1P(c1ccccc1)c1ccccc1.[Fe]. The maximum Gasteiger partial charge on any atom is 0.0506 e. The van der Waals surface area contributed by atoms with Gasteiger partial charge >= 0.3 is 0 Å². The van der Waals surface area contributed by atoms with Gasteiger partial charge in [-0.05, 0) is 55.4 Å². The minimum Gasteiger partial charge on any atom is -0.289 e. The molecule has 2 aliphatic rings. The summed E-state index contributed by atoms with van der Waals surface area (Å²) in [7, 11) is -0.363. The fourth-order valence-electron chi connectivity index (χ4n) is 5.30. The van der Waals surface area contributed by atoms with Crippen LogP contribution in [0, 0.1) is 5.92 Å². The Morgan fingerprint density at radius 2 is 1.15 bits per heavy atom. The third kappa shape index (κ3) is 7.64. The fourth-order valence-corrected chi connectivity index (χ4v) is 8.57. The van der Waals surface area contributed by atoms with Gasteiger partial charge in [0, 0.05) is 23.3 Å². The van der Waals surface area contributed by atoms with Gasteiger partial charge in [-0.3, -0.25) is 4.99 Å². The summed E-state index contributed by atoms with van der Waals surface area (Å²) in [6.07, 6.45) is 13.5. The standard InChI is InChI=1S/C26H28NP.C5H10.Fe/c1-21(27-20-22-12-5-2-6-13-22)25-18-11-19-26(25)28(23-14-7-3-8-15-23)24-16-9-4-10-17-24;1-2-4-5-3-1;/h2-10,12-17,20-21,25-26H,11,18-19H2,1H3;1-5H2;/t21-,25?,26?;;/m1../s1. The number of hydrogen-bond donors (Lipinski definition) is 0. The Balaban J connectivity index is 0.000000481. The van der Waals surface area contributed by atoms with Crippen molar-refractivity contribution in [2.24, 2.45) is 10.9 Å². The number of nitrogens with zero attached hydrogens (tertiary/aromatic N) is 1. The van der Waals surface area contributed by atoms with E-state index in [0.717, 1.165) is 0 Å². The van der Waals surface area contributed by atoms with Gasteiger partial charge in [-0.15, -0.1) is 0 Å². The normalized spacial score (nSPS) is 20.5. The van der Waals surface area contributed by atoms with E-state index in [2.05, 4.69) is 104 Å². The number of rotatable bonds is 6. The van der Waals surface area contributed by atoms with Crippen molar-refractivity contribution in [3.05, 3.63) is 96.6 Å². The quantitative estimate of drug-likeness (QED) is 0.182. The van der Waals surface area contributed by atoms with E-state index in [1.807, 2.05) is 0 Å². The Morgan fingerprint density at radius 1 is 0.676 bits per heavy atom. The van der Waals surface area contributed by atoms with Gasteiger partial charge in [-0.1, -0.05) is 130 Å². The molecule has 2 unspecified atom stereocenters. The average Bonchev–Trinajstić information content (AvgIpc) is 3.61. The maximum atomic E-state index is 4.98. The molecular weight excluding hydrogens is 473 g/mol. The van der Waals surface area contributed by atoms with Gasteiger partial charge in [0.25, 0.3) is 0 Å². The molecule has 5 rings (SSSR count). The van der Waals surface area contributed by atoms with Crippen LogP contribution >= 0.6 is 7.92 Å². The molecule has 0 saturated heterocycles. The molecule has 0 bridgehead atoms. The zero-order valence-corrected chi connectivity index (χ0v) is 22.4. The average molecular weight is 511 g/mol. The molecule has 0 aromatic heterocycles. The Bertz CT molecular complexity index is 909. The number of aliphatic imine (C=N–C) groups is 1. The second-order valence-electron chi connectivity index (χ2n) is 9.40. The molecule has 0 spiro atoms. The zero-order chi connectivity index (χ0) is 22.7. The van der Waals surface area contributed by atoms with Crippen molar-refractivity contribution >= 4 is 24.7 Å². The number of hydrogen-bond acceptors (Lipinski definition) is 1. The van der Waals surface area contributed by atoms with Crippen LogP contribution in [-0.2, 0) is 17.1 Å². The van der Waals surface area contributed by atoms with Crippen LogP contribution in [0.5, 0.6) is 0 Å². The molecule has 2 aliphatic carbocycles. The van der Waals surface area contributed by atoms with E-state index < -0.39 is 0 Å². The molecule has 0 amide bonds. The van der Waals surface area contributed by atoms with Crippen LogP contribution < -0.4 is 10.6 Å². The van der Waals surface area contributed by atoms with Crippen molar-refractivity contribution in [3.8, 4) is 0 Å². The molecule has 3 aromatic carbocycles. The summed E-state index contributed by atoms with van der Waals surface area (Å²) in [5.41, 5.74) is 1.89. The first kappa shape index (κ1) is 26.9. The molecule has 180 valence electrons. The predicted octanol–water partition coefficient (Wildman–Crippen LogP) is 7.74. The molecule has 2 saturated carbocycles. The molecule has 3 atom stereocenters. The second kappa shape index (κ2) is 14.6. The molecule has 0 aliphatic heterocycles. The number of benzene rings is 3. The Morgan fingerprint density at radius 3 is 1.65 bits per heavy atom. The largest absolute Gasteiger partial charge is 0.289 e. The van der Waals surface area contributed by atoms with Crippen molar-refractivity contribution in [1.82, 2.24) is 0 Å². The molecule has 0 radical (unpaired) electrons. The topological polar surface area (TPSA) is 12.4 Å². The first-order chi connectivity index (χ1) is 16.3. The van der Waals surface area contributed by atoms with Gasteiger partial charge in [0.2, 0.25) is 0 Å². The van der Waals surface area contributed by atoms with E-state index in [4.69, 9.17) is 4.99 Å². The van der Waals surface area contributed by atoms with E-state index in [0.29, 0.717) is 17.6 Å². The molecule has 3 heteroatoms. The van der Waals surface area contributed by atoms with Crippen LogP contribution in [-0.4, -0.2) is 17.9 Å². The van der Waals surface area contributed by atoms with Crippen LogP contribution in [0.4, 0.5) is 0 Å². The summed E-state index contributed by atoms with van der Waals surface area (Å²) in [6.45, 7) is 2.31. The van der Waals surface area contributed by atoms with Crippen molar-refractivity contribution in [1.29, 1.82) is 0 Å². The van der Waals surface area contributed by atoms with Crippen LogP contribution in [0.1, 0.15) is 63.9 Å². The second-order valence-corrected chi connectivity index (χ2v) is 11.8. The first-order valence-corrected chi connectivity index (χ1v) is 14.2. The molecule has 2 fully saturated rings. The van der Waals surface area contributed by atoms with Gasteiger partial charge in [-0.25, -0.2) is 0 Å². The molecule has 1 nitrogen and oxygen atoms in total.